The zero-order valence-corrected chi connectivity index (χ0v) is 13.3. The quantitative estimate of drug-likeness (QED) is 0.923. The summed E-state index contributed by atoms with van der Waals surface area (Å²) >= 11 is 0. The number of aromatic nitrogens is 2. The fourth-order valence-corrected chi connectivity index (χ4v) is 3.40. The van der Waals surface area contributed by atoms with Gasteiger partial charge < -0.3 is 4.42 Å². The van der Waals surface area contributed by atoms with Gasteiger partial charge in [-0.05, 0) is 27.7 Å². The predicted molar refractivity (Wildman–Crippen MR) is 75.5 cm³/mol. The van der Waals surface area contributed by atoms with Gasteiger partial charge in [0.05, 0.1) is 11.3 Å². The number of rotatable bonds is 3. The Balaban J connectivity index is 2.37. The van der Waals surface area contributed by atoms with Gasteiger partial charge in [0, 0.05) is 18.8 Å². The van der Waals surface area contributed by atoms with Crippen molar-refractivity contribution in [1.82, 2.24) is 14.5 Å². The number of hydrogen-bond donors (Lipinski definition) is 1. The van der Waals surface area contributed by atoms with Crippen molar-refractivity contribution in [2.75, 3.05) is 0 Å². The molecule has 8 heteroatoms. The average Bonchev–Trinajstić information content (AvgIpc) is 2.79. The smallest absolute Gasteiger partial charge is 0.268 e. The molecule has 0 saturated heterocycles. The maximum atomic E-state index is 12.3. The van der Waals surface area contributed by atoms with Gasteiger partial charge in [-0.1, -0.05) is 0 Å². The second kappa shape index (κ2) is 5.03. The molecule has 114 valence electrons. The molecular weight excluding hydrogens is 294 g/mol. The van der Waals surface area contributed by atoms with Gasteiger partial charge in [-0.3, -0.25) is 9.48 Å². The third kappa shape index (κ3) is 2.71. The van der Waals surface area contributed by atoms with Crippen LogP contribution in [-0.2, 0) is 17.1 Å². The van der Waals surface area contributed by atoms with Gasteiger partial charge in [0.15, 0.2) is 0 Å². The van der Waals surface area contributed by atoms with Crippen LogP contribution < -0.4 is 4.72 Å². The van der Waals surface area contributed by atoms with Crippen LogP contribution in [0.15, 0.2) is 15.4 Å². The normalized spacial score (nSPS) is 11.7. The van der Waals surface area contributed by atoms with Crippen molar-refractivity contribution in [3.63, 3.8) is 0 Å². The molecule has 0 saturated carbocycles. The van der Waals surface area contributed by atoms with E-state index in [2.05, 4.69) is 9.82 Å². The Bertz CT molecular complexity index is 815. The second-order valence-corrected chi connectivity index (χ2v) is 6.53. The van der Waals surface area contributed by atoms with E-state index in [1.807, 2.05) is 0 Å². The average molecular weight is 311 g/mol. The summed E-state index contributed by atoms with van der Waals surface area (Å²) in [6, 6.07) is 1.38. The first kappa shape index (κ1) is 15.3. The number of carbonyl (C=O) groups is 1. The lowest BCUT2D eigenvalue weighted by Crippen LogP contribution is -2.31. The standard InChI is InChI=1S/C13H17N3O4S/c1-7-6-11(10(4)20-7)21(18,19)15-13(17)12-8(2)14-16(5)9(12)3/h6H,1-5H3,(H,15,17). The molecule has 2 rings (SSSR count). The zero-order chi connectivity index (χ0) is 15.9. The van der Waals surface area contributed by atoms with Crippen LogP contribution in [-0.4, -0.2) is 24.1 Å². The minimum atomic E-state index is -3.97. The Morgan fingerprint density at radius 3 is 2.33 bits per heavy atom. The molecular formula is C13H17N3O4S. The van der Waals surface area contributed by atoms with E-state index < -0.39 is 15.9 Å². The Kier molecular flexibility index (Phi) is 3.66. The number of nitrogens with zero attached hydrogens (tertiary/aromatic N) is 2. The minimum absolute atomic E-state index is 0.0347. The summed E-state index contributed by atoms with van der Waals surface area (Å²) in [6.45, 7) is 6.53. The van der Waals surface area contributed by atoms with Gasteiger partial charge >= 0.3 is 0 Å². The number of hydrogen-bond acceptors (Lipinski definition) is 5. The number of furan rings is 1. The molecule has 0 radical (unpaired) electrons. The van der Waals surface area contributed by atoms with Crippen LogP contribution >= 0.6 is 0 Å². The molecule has 0 aliphatic rings. The Morgan fingerprint density at radius 1 is 1.29 bits per heavy atom. The molecule has 0 unspecified atom stereocenters. The van der Waals surface area contributed by atoms with E-state index in [4.69, 9.17) is 4.42 Å². The number of amides is 1. The van der Waals surface area contributed by atoms with Crippen molar-refractivity contribution in [3.8, 4) is 0 Å². The third-order valence-corrected chi connectivity index (χ3v) is 4.69. The maximum absolute atomic E-state index is 12.3. The van der Waals surface area contributed by atoms with Gasteiger partial charge in [0.25, 0.3) is 15.9 Å². The molecule has 1 amide bonds. The van der Waals surface area contributed by atoms with Crippen LogP contribution in [0.25, 0.3) is 0 Å². The highest BCUT2D eigenvalue weighted by molar-refractivity contribution is 7.90. The highest BCUT2D eigenvalue weighted by Gasteiger charge is 2.26. The lowest BCUT2D eigenvalue weighted by molar-refractivity contribution is 0.0980. The number of carbonyl (C=O) groups excluding carboxylic acids is 1. The summed E-state index contributed by atoms with van der Waals surface area (Å²) in [5.74, 6) is 0.0119. The first-order valence-electron chi connectivity index (χ1n) is 6.28. The van der Waals surface area contributed by atoms with Gasteiger partial charge in [0.2, 0.25) is 0 Å². The summed E-state index contributed by atoms with van der Waals surface area (Å²) in [5.41, 5.74) is 1.34. The fraction of sp³-hybridized carbons (Fsp3) is 0.385. The predicted octanol–water partition coefficient (Wildman–Crippen LogP) is 1.37. The van der Waals surface area contributed by atoms with Gasteiger partial charge in [-0.2, -0.15) is 5.10 Å². The number of sulfonamides is 1. The van der Waals surface area contributed by atoms with Crippen molar-refractivity contribution in [2.45, 2.75) is 32.6 Å². The van der Waals surface area contributed by atoms with E-state index in [-0.39, 0.29) is 16.2 Å². The van der Waals surface area contributed by atoms with E-state index in [0.717, 1.165) is 0 Å². The summed E-state index contributed by atoms with van der Waals surface area (Å²) in [6.07, 6.45) is 0. The summed E-state index contributed by atoms with van der Waals surface area (Å²) in [4.78, 5) is 12.2. The Labute approximate surface area is 123 Å². The highest BCUT2D eigenvalue weighted by Crippen LogP contribution is 2.20. The van der Waals surface area contributed by atoms with Crippen LogP contribution in [0.3, 0.4) is 0 Å². The van der Waals surface area contributed by atoms with Crippen molar-refractivity contribution in [3.05, 3.63) is 34.5 Å². The summed E-state index contributed by atoms with van der Waals surface area (Å²) < 4.78 is 33.3. The zero-order valence-electron chi connectivity index (χ0n) is 12.5. The monoisotopic (exact) mass is 311 g/mol. The lowest BCUT2D eigenvalue weighted by atomic mass is 10.2. The molecule has 2 heterocycles. The van der Waals surface area contributed by atoms with Crippen molar-refractivity contribution in [2.24, 2.45) is 7.05 Å². The first-order valence-corrected chi connectivity index (χ1v) is 7.76. The van der Waals surface area contributed by atoms with Crippen LogP contribution in [0.1, 0.15) is 33.3 Å². The Morgan fingerprint density at radius 2 is 1.90 bits per heavy atom. The fourth-order valence-electron chi connectivity index (χ4n) is 2.20. The molecule has 7 nitrogen and oxygen atoms in total. The van der Waals surface area contributed by atoms with Crippen molar-refractivity contribution >= 4 is 15.9 Å². The molecule has 1 N–H and O–H groups in total. The van der Waals surface area contributed by atoms with E-state index in [9.17, 15) is 13.2 Å². The maximum Gasteiger partial charge on any atom is 0.268 e. The minimum Gasteiger partial charge on any atom is -0.465 e. The lowest BCUT2D eigenvalue weighted by Gasteiger charge is -2.06. The SMILES string of the molecule is Cc1cc(S(=O)(=O)NC(=O)c2c(C)nn(C)c2C)c(C)o1. The van der Waals surface area contributed by atoms with E-state index in [1.165, 1.54) is 17.7 Å². The molecule has 21 heavy (non-hydrogen) atoms. The third-order valence-electron chi connectivity index (χ3n) is 3.25. The van der Waals surface area contributed by atoms with Crippen LogP contribution in [0.4, 0.5) is 0 Å². The Hall–Kier alpha value is -2.09. The van der Waals surface area contributed by atoms with E-state index in [0.29, 0.717) is 17.1 Å². The van der Waals surface area contributed by atoms with Crippen molar-refractivity contribution < 1.29 is 17.6 Å². The van der Waals surface area contributed by atoms with E-state index in [1.54, 1.807) is 27.8 Å². The first-order chi connectivity index (χ1) is 9.63. The van der Waals surface area contributed by atoms with Crippen molar-refractivity contribution in [1.29, 1.82) is 0 Å². The van der Waals surface area contributed by atoms with Crippen LogP contribution in [0.5, 0.6) is 0 Å². The van der Waals surface area contributed by atoms with Crippen LogP contribution in [0.2, 0.25) is 0 Å². The molecule has 0 bridgehead atoms. The molecule has 0 aliphatic heterocycles. The summed E-state index contributed by atoms with van der Waals surface area (Å²) in [5, 5.41) is 4.10. The molecule has 0 aromatic carbocycles. The van der Waals surface area contributed by atoms with Gasteiger partial charge in [-0.15, -0.1) is 0 Å². The molecule has 2 aromatic rings. The van der Waals surface area contributed by atoms with Gasteiger partial charge in [0.1, 0.15) is 16.4 Å². The van der Waals surface area contributed by atoms with Crippen LogP contribution in [0, 0.1) is 27.7 Å². The van der Waals surface area contributed by atoms with E-state index >= 15 is 0 Å². The second-order valence-electron chi connectivity index (χ2n) is 4.88. The highest BCUT2D eigenvalue weighted by atomic mass is 32.2. The number of aryl methyl sites for hydroxylation is 4. The summed E-state index contributed by atoms with van der Waals surface area (Å²) in [7, 11) is -2.28. The topological polar surface area (TPSA) is 94.2 Å². The molecule has 0 spiro atoms. The molecule has 0 aliphatic carbocycles. The molecule has 0 fully saturated rings. The molecule has 2 aromatic heterocycles. The molecule has 0 atom stereocenters. The number of nitrogens with one attached hydrogen (secondary N) is 1. The largest absolute Gasteiger partial charge is 0.465 e. The van der Waals surface area contributed by atoms with Gasteiger partial charge in [-0.25, -0.2) is 13.1 Å².